The Morgan fingerprint density at radius 1 is 0.658 bits per heavy atom. The highest BCUT2D eigenvalue weighted by molar-refractivity contribution is 7.85. The number of carbonyl (C=O) groups excluding carboxylic acids is 7. The van der Waals surface area contributed by atoms with E-state index < -0.39 is 93.0 Å². The van der Waals surface area contributed by atoms with Crippen molar-refractivity contribution in [1.29, 1.82) is 0 Å². The second kappa shape index (κ2) is 26.1. The van der Waals surface area contributed by atoms with Gasteiger partial charge < -0.3 is 36.6 Å². The van der Waals surface area contributed by atoms with Crippen molar-refractivity contribution in [1.82, 2.24) is 31.5 Å². The summed E-state index contributed by atoms with van der Waals surface area (Å²) in [6.07, 6.45) is 0.876. The highest BCUT2D eigenvalue weighted by Crippen LogP contribution is 2.24. The average Bonchev–Trinajstić information content (AvgIpc) is 3.88. The minimum absolute atomic E-state index is 0.00114. The maximum Gasteiger partial charge on any atom is 0.303 e. The van der Waals surface area contributed by atoms with Crippen LogP contribution in [0.5, 0.6) is 0 Å². The van der Waals surface area contributed by atoms with E-state index in [4.69, 9.17) is 0 Å². The average molecular weight is 1060 g/mol. The minimum atomic E-state index is -4.34. The zero-order chi connectivity index (χ0) is 55.2. The molecule has 5 aromatic rings. The first kappa shape index (κ1) is 57.5. The standard InChI is InChI=1S/C57H66N6O12S/c1-5-15-45(59-52(68)46(32-36-27-29-37(30-28-36)35-76(73,74)75)60-51(67)42-22-12-21-41(33-42)50(66)39-17-7-6-8-18-39)56(72)63-31-14-25-48(63)55(71)61-47(34-40-20-11-19-38-16-9-10-23-43(38)40)53(69)58-44(24-13-26-49(64)65)54(70)62-57(2,3)4/h6-12,16-23,27-30,33,44-48H,5,13-15,24-26,31-32,34-35H2,1-4H3,(H,58,69)(H,59,68)(H,60,67)(H,61,71)(H,62,70)(H,64,65)(H,73,74,75)/t44-,45-,46-,47-,48-/m0/s1. The first-order valence-corrected chi connectivity index (χ1v) is 27.0. The number of amides is 6. The van der Waals surface area contributed by atoms with Crippen molar-refractivity contribution in [3.05, 3.63) is 155 Å². The molecule has 1 heterocycles. The number of nitrogens with zero attached hydrogens (tertiary/aromatic N) is 1. The molecular formula is C57H66N6O12S. The van der Waals surface area contributed by atoms with Crippen LogP contribution in [0.25, 0.3) is 10.8 Å². The Hall–Kier alpha value is -7.77. The van der Waals surface area contributed by atoms with E-state index in [1.807, 2.05) is 49.4 Å². The molecule has 1 aliphatic rings. The fourth-order valence-corrected chi connectivity index (χ4v) is 9.78. The van der Waals surface area contributed by atoms with E-state index in [1.54, 1.807) is 75.4 Å². The molecular weight excluding hydrogens is 993 g/mol. The third-order valence-corrected chi connectivity index (χ3v) is 13.5. The SMILES string of the molecule is CCC[C@H](NC(=O)[C@H](Cc1ccc(CS(=O)(=O)O)cc1)NC(=O)c1cccc(C(=O)c2ccccc2)c1)C(=O)N1CCC[C@H]1C(=O)N[C@@H](Cc1cccc2ccccc12)C(=O)N[C@@H](CCCC(=O)O)C(=O)NC(C)(C)C. The number of aliphatic carboxylic acids is 1. The molecule has 0 unspecified atom stereocenters. The highest BCUT2D eigenvalue weighted by Gasteiger charge is 2.40. The number of rotatable bonds is 24. The van der Waals surface area contributed by atoms with Crippen molar-refractivity contribution in [2.45, 2.75) is 127 Å². The minimum Gasteiger partial charge on any atom is -0.481 e. The Bertz CT molecular complexity index is 3030. The van der Waals surface area contributed by atoms with E-state index >= 15 is 0 Å². The van der Waals surface area contributed by atoms with Gasteiger partial charge in [-0.05, 0) is 92.5 Å². The number of carboxylic acid groups (broad SMARTS) is 1. The second-order valence-corrected chi connectivity index (χ2v) is 21.5. The monoisotopic (exact) mass is 1060 g/mol. The molecule has 0 radical (unpaired) electrons. The molecule has 7 N–H and O–H groups in total. The molecule has 1 saturated heterocycles. The van der Waals surface area contributed by atoms with Crippen LogP contribution in [0.15, 0.2) is 121 Å². The number of nitrogens with one attached hydrogen (secondary N) is 5. The van der Waals surface area contributed by atoms with Gasteiger partial charge in [-0.1, -0.05) is 123 Å². The molecule has 1 fully saturated rings. The summed E-state index contributed by atoms with van der Waals surface area (Å²) in [7, 11) is -4.34. The molecule has 19 heteroatoms. The van der Waals surface area contributed by atoms with Crippen LogP contribution in [0.1, 0.15) is 116 Å². The van der Waals surface area contributed by atoms with Gasteiger partial charge in [-0.2, -0.15) is 8.42 Å². The largest absolute Gasteiger partial charge is 0.481 e. The molecule has 0 aliphatic carbocycles. The lowest BCUT2D eigenvalue weighted by Gasteiger charge is -2.31. The summed E-state index contributed by atoms with van der Waals surface area (Å²) >= 11 is 0. The molecule has 5 atom stereocenters. The van der Waals surface area contributed by atoms with E-state index in [0.717, 1.165) is 10.8 Å². The Morgan fingerprint density at radius 3 is 1.93 bits per heavy atom. The predicted octanol–water partition coefficient (Wildman–Crippen LogP) is 5.46. The lowest BCUT2D eigenvalue weighted by Crippen LogP contribution is -2.59. The molecule has 6 rings (SSSR count). The van der Waals surface area contributed by atoms with Crippen LogP contribution in [0, 0.1) is 0 Å². The quantitative estimate of drug-likeness (QED) is 0.0300. The van der Waals surface area contributed by atoms with Crippen LogP contribution in [0.3, 0.4) is 0 Å². The predicted molar refractivity (Wildman–Crippen MR) is 285 cm³/mol. The van der Waals surface area contributed by atoms with E-state index in [2.05, 4.69) is 26.6 Å². The lowest BCUT2D eigenvalue weighted by molar-refractivity contribution is -0.142. The summed E-state index contributed by atoms with van der Waals surface area (Å²) in [4.78, 5) is 112. The fourth-order valence-electron chi connectivity index (χ4n) is 9.17. The van der Waals surface area contributed by atoms with Gasteiger partial charge in [0.15, 0.2) is 5.78 Å². The summed E-state index contributed by atoms with van der Waals surface area (Å²) in [6, 6.07) is 27.6. The van der Waals surface area contributed by atoms with Gasteiger partial charge in [0.25, 0.3) is 16.0 Å². The Balaban J connectivity index is 1.24. The number of carbonyl (C=O) groups is 8. The van der Waals surface area contributed by atoms with Crippen LogP contribution in [-0.2, 0) is 57.5 Å². The zero-order valence-electron chi connectivity index (χ0n) is 43.0. The topological polar surface area (TPSA) is 275 Å². The zero-order valence-corrected chi connectivity index (χ0v) is 43.9. The van der Waals surface area contributed by atoms with Crippen molar-refractivity contribution in [3.8, 4) is 0 Å². The Labute approximate surface area is 442 Å². The first-order chi connectivity index (χ1) is 36.1. The third-order valence-electron chi connectivity index (χ3n) is 12.8. The number of ketones is 1. The van der Waals surface area contributed by atoms with E-state index in [9.17, 15) is 56.4 Å². The summed E-state index contributed by atoms with van der Waals surface area (Å²) in [5.74, 6) is -5.95. The first-order valence-electron chi connectivity index (χ1n) is 25.3. The van der Waals surface area contributed by atoms with Crippen molar-refractivity contribution in [3.63, 3.8) is 0 Å². The summed E-state index contributed by atoms with van der Waals surface area (Å²) in [5, 5.41) is 25.2. The third kappa shape index (κ3) is 16.6. The molecule has 0 aromatic heterocycles. The van der Waals surface area contributed by atoms with Crippen LogP contribution in [-0.4, -0.2) is 112 Å². The number of carboxylic acids is 1. The van der Waals surface area contributed by atoms with E-state index in [1.165, 1.54) is 29.2 Å². The molecule has 0 spiro atoms. The van der Waals surface area contributed by atoms with Gasteiger partial charge in [0.05, 0.1) is 0 Å². The molecule has 0 bridgehead atoms. The summed E-state index contributed by atoms with van der Waals surface area (Å²) < 4.78 is 32.5. The van der Waals surface area contributed by atoms with Crippen LogP contribution in [0.4, 0.5) is 0 Å². The lowest BCUT2D eigenvalue weighted by atomic mass is 9.97. The van der Waals surface area contributed by atoms with Gasteiger partial charge in [-0.25, -0.2) is 0 Å². The number of fused-ring (bicyclic) bond motifs is 1. The van der Waals surface area contributed by atoms with Gasteiger partial charge >= 0.3 is 5.97 Å². The maximum atomic E-state index is 14.7. The fraction of sp³-hybridized carbons (Fsp3) is 0.368. The molecule has 1 aliphatic heterocycles. The Kier molecular flexibility index (Phi) is 19.8. The van der Waals surface area contributed by atoms with Crippen molar-refractivity contribution >= 4 is 68.1 Å². The van der Waals surface area contributed by atoms with Gasteiger partial charge in [0.1, 0.15) is 36.0 Å². The van der Waals surface area contributed by atoms with Gasteiger partial charge in [0.2, 0.25) is 29.5 Å². The molecule has 76 heavy (non-hydrogen) atoms. The smallest absolute Gasteiger partial charge is 0.303 e. The summed E-state index contributed by atoms with van der Waals surface area (Å²) in [6.45, 7) is 7.26. The van der Waals surface area contributed by atoms with Gasteiger partial charge in [-0.3, -0.25) is 42.9 Å². The maximum absolute atomic E-state index is 14.7. The molecule has 5 aromatic carbocycles. The normalized spacial score (nSPS) is 15.1. The highest BCUT2D eigenvalue weighted by atomic mass is 32.2. The number of benzene rings is 5. The molecule has 0 saturated carbocycles. The van der Waals surface area contributed by atoms with Gasteiger partial charge in [0, 0.05) is 48.0 Å². The van der Waals surface area contributed by atoms with Gasteiger partial charge in [-0.15, -0.1) is 0 Å². The summed E-state index contributed by atoms with van der Waals surface area (Å²) in [5.41, 5.74) is 1.50. The van der Waals surface area contributed by atoms with Crippen molar-refractivity contribution < 1.29 is 56.4 Å². The Morgan fingerprint density at radius 2 is 1.26 bits per heavy atom. The number of hydrogen-bond acceptors (Lipinski definition) is 10. The van der Waals surface area contributed by atoms with Crippen molar-refractivity contribution in [2.75, 3.05) is 6.54 Å². The van der Waals surface area contributed by atoms with E-state index in [0.29, 0.717) is 29.5 Å². The van der Waals surface area contributed by atoms with Crippen LogP contribution in [0.2, 0.25) is 0 Å². The van der Waals surface area contributed by atoms with E-state index in [-0.39, 0.29) is 74.0 Å². The van der Waals surface area contributed by atoms with Crippen molar-refractivity contribution in [2.24, 2.45) is 0 Å². The van der Waals surface area contributed by atoms with Crippen LogP contribution >= 0.6 is 0 Å². The number of hydrogen-bond donors (Lipinski definition) is 7. The number of likely N-dealkylation sites (tertiary alicyclic amines) is 1. The molecule has 6 amide bonds. The second-order valence-electron chi connectivity index (χ2n) is 20.1. The van der Waals surface area contributed by atoms with Crippen LogP contribution < -0.4 is 26.6 Å². The molecule has 18 nitrogen and oxygen atoms in total. The molecule has 402 valence electrons.